The van der Waals surface area contributed by atoms with Crippen LogP contribution in [-0.2, 0) is 0 Å². The van der Waals surface area contributed by atoms with Crippen LogP contribution in [-0.4, -0.2) is 17.6 Å². The van der Waals surface area contributed by atoms with Gasteiger partial charge in [0.2, 0.25) is 5.88 Å². The van der Waals surface area contributed by atoms with E-state index in [1.165, 1.54) is 22.6 Å². The first-order valence-electron chi connectivity index (χ1n) is 3.93. The molecule has 0 saturated carbocycles. The summed E-state index contributed by atoms with van der Waals surface area (Å²) in [5, 5.41) is 0. The monoisotopic (exact) mass is 367 g/mol. The number of hydrogen-bond donors (Lipinski definition) is 0. The number of carbonyl (C=O) groups is 1. The van der Waals surface area contributed by atoms with Gasteiger partial charge in [0.05, 0.1) is 5.56 Å². The molecular formula is C8H3F5INO2. The maximum Gasteiger partial charge on any atom is 0.574 e. The third-order valence-corrected chi connectivity index (χ3v) is 2.48. The predicted molar refractivity (Wildman–Crippen MR) is 54.0 cm³/mol. The van der Waals surface area contributed by atoms with Gasteiger partial charge >= 0.3 is 6.36 Å². The number of nitrogens with zero attached hydrogens (tertiary/aromatic N) is 1. The number of carbonyl (C=O) groups excluding carboxylic acids is 1. The zero-order chi connectivity index (χ0) is 13.2. The lowest BCUT2D eigenvalue weighted by Crippen LogP contribution is -2.20. The van der Waals surface area contributed by atoms with E-state index in [1.807, 2.05) is 0 Å². The highest BCUT2D eigenvalue weighted by Crippen LogP contribution is 2.33. The maximum absolute atomic E-state index is 12.6. The summed E-state index contributed by atoms with van der Waals surface area (Å²) in [5.74, 6) is -1.18. The fourth-order valence-corrected chi connectivity index (χ4v) is 1.69. The Hall–Kier alpha value is -1.00. The fourth-order valence-electron chi connectivity index (χ4n) is 1.02. The summed E-state index contributed by atoms with van der Waals surface area (Å²) in [6, 6.07) is 0. The zero-order valence-corrected chi connectivity index (χ0v) is 9.92. The molecule has 9 heteroatoms. The highest BCUT2D eigenvalue weighted by molar-refractivity contribution is 14.1. The molecule has 1 heterocycles. The van der Waals surface area contributed by atoms with Crippen molar-refractivity contribution in [3.63, 3.8) is 0 Å². The molecule has 0 unspecified atom stereocenters. The lowest BCUT2D eigenvalue weighted by molar-refractivity contribution is -0.276. The molecule has 1 aromatic heterocycles. The number of aldehydes is 1. The maximum atomic E-state index is 12.6. The number of halogens is 6. The number of pyridine rings is 1. The Morgan fingerprint density at radius 3 is 2.41 bits per heavy atom. The van der Waals surface area contributed by atoms with Gasteiger partial charge in [-0.15, -0.1) is 13.2 Å². The summed E-state index contributed by atoms with van der Waals surface area (Å²) in [5.41, 5.74) is -1.72. The van der Waals surface area contributed by atoms with Crippen LogP contribution in [0.25, 0.3) is 0 Å². The van der Waals surface area contributed by atoms with Gasteiger partial charge < -0.3 is 4.74 Å². The molecule has 0 aliphatic carbocycles. The Bertz CT molecular complexity index is 435. The van der Waals surface area contributed by atoms with E-state index in [9.17, 15) is 26.7 Å². The summed E-state index contributed by atoms with van der Waals surface area (Å²) in [4.78, 5) is 13.7. The van der Waals surface area contributed by atoms with Crippen molar-refractivity contribution in [2.24, 2.45) is 0 Å². The van der Waals surface area contributed by atoms with Crippen LogP contribution in [0.5, 0.6) is 5.88 Å². The average Bonchev–Trinajstić information content (AvgIpc) is 2.17. The van der Waals surface area contributed by atoms with Crippen LogP contribution in [0.15, 0.2) is 6.20 Å². The van der Waals surface area contributed by atoms with E-state index in [1.54, 1.807) is 0 Å². The number of rotatable bonds is 3. The second-order valence-electron chi connectivity index (χ2n) is 2.70. The van der Waals surface area contributed by atoms with E-state index in [4.69, 9.17) is 0 Å². The first-order valence-corrected chi connectivity index (χ1v) is 5.01. The van der Waals surface area contributed by atoms with Crippen molar-refractivity contribution in [2.45, 2.75) is 12.8 Å². The quantitative estimate of drug-likeness (QED) is 0.468. The predicted octanol–water partition coefficient (Wildman–Crippen LogP) is 3.33. The second kappa shape index (κ2) is 5.10. The first kappa shape index (κ1) is 14.1. The third-order valence-electron chi connectivity index (χ3n) is 1.62. The average molecular weight is 367 g/mol. The van der Waals surface area contributed by atoms with E-state index in [0.717, 1.165) is 6.20 Å². The summed E-state index contributed by atoms with van der Waals surface area (Å²) < 4.78 is 64.2. The standard InChI is InChI=1S/C8H3F5INO2/c9-6(10)5-3(2-16)7(15-1-4(5)14)17-8(11,12)13/h1-2,6H. The number of alkyl halides is 5. The topological polar surface area (TPSA) is 39.2 Å². The van der Waals surface area contributed by atoms with Gasteiger partial charge in [-0.05, 0) is 22.6 Å². The summed E-state index contributed by atoms with van der Waals surface area (Å²) in [6.07, 6.45) is -7.56. The van der Waals surface area contributed by atoms with Crippen molar-refractivity contribution in [1.29, 1.82) is 0 Å². The second-order valence-corrected chi connectivity index (χ2v) is 3.87. The van der Waals surface area contributed by atoms with E-state index >= 15 is 0 Å². The van der Waals surface area contributed by atoms with Crippen LogP contribution >= 0.6 is 22.6 Å². The van der Waals surface area contributed by atoms with Crippen LogP contribution in [0.3, 0.4) is 0 Å². The molecule has 0 amide bonds. The highest BCUT2D eigenvalue weighted by atomic mass is 127. The van der Waals surface area contributed by atoms with Gasteiger partial charge in [0.15, 0.2) is 6.29 Å². The molecule has 0 N–H and O–H groups in total. The van der Waals surface area contributed by atoms with E-state index < -0.39 is 29.8 Å². The van der Waals surface area contributed by atoms with E-state index in [2.05, 4.69) is 9.72 Å². The van der Waals surface area contributed by atoms with E-state index in [0.29, 0.717) is 0 Å². The van der Waals surface area contributed by atoms with Gasteiger partial charge in [0, 0.05) is 15.3 Å². The summed E-state index contributed by atoms with van der Waals surface area (Å²) in [7, 11) is 0. The van der Waals surface area contributed by atoms with Gasteiger partial charge in [-0.1, -0.05) is 0 Å². The van der Waals surface area contributed by atoms with Crippen molar-refractivity contribution in [1.82, 2.24) is 4.98 Å². The van der Waals surface area contributed by atoms with Crippen molar-refractivity contribution >= 4 is 28.9 Å². The molecule has 0 saturated heterocycles. The Labute approximate surface area is 105 Å². The van der Waals surface area contributed by atoms with Crippen LogP contribution in [0.4, 0.5) is 22.0 Å². The Balaban J connectivity index is 3.33. The first-order chi connectivity index (χ1) is 7.76. The molecule has 0 aliphatic rings. The Morgan fingerprint density at radius 2 is 2.00 bits per heavy atom. The minimum atomic E-state index is -5.10. The van der Waals surface area contributed by atoms with Crippen LogP contribution in [0.2, 0.25) is 0 Å². The van der Waals surface area contributed by atoms with Gasteiger partial charge in [0.1, 0.15) is 0 Å². The lowest BCUT2D eigenvalue weighted by atomic mass is 10.1. The van der Waals surface area contributed by atoms with Gasteiger partial charge in [-0.2, -0.15) is 0 Å². The molecular weight excluding hydrogens is 364 g/mol. The number of hydrogen-bond acceptors (Lipinski definition) is 3. The molecule has 3 nitrogen and oxygen atoms in total. The molecule has 1 rings (SSSR count). The number of ether oxygens (including phenoxy) is 1. The molecule has 1 aromatic rings. The smallest absolute Gasteiger partial charge is 0.387 e. The molecule has 17 heavy (non-hydrogen) atoms. The van der Waals surface area contributed by atoms with Crippen molar-refractivity contribution < 1.29 is 31.5 Å². The molecule has 0 radical (unpaired) electrons. The number of aromatic nitrogens is 1. The van der Waals surface area contributed by atoms with Gasteiger partial charge in [-0.3, -0.25) is 4.79 Å². The van der Waals surface area contributed by atoms with Crippen LogP contribution in [0, 0.1) is 3.57 Å². The molecule has 0 aliphatic heterocycles. The molecule has 0 spiro atoms. The highest BCUT2D eigenvalue weighted by Gasteiger charge is 2.34. The van der Waals surface area contributed by atoms with Crippen molar-refractivity contribution in [3.05, 3.63) is 20.9 Å². The molecule has 0 bridgehead atoms. The van der Waals surface area contributed by atoms with Gasteiger partial charge in [0.25, 0.3) is 6.43 Å². The minimum Gasteiger partial charge on any atom is -0.387 e. The summed E-state index contributed by atoms with van der Waals surface area (Å²) in [6.45, 7) is 0. The normalized spacial score (nSPS) is 11.7. The zero-order valence-electron chi connectivity index (χ0n) is 7.76. The molecule has 0 fully saturated rings. The minimum absolute atomic E-state index is 0.116. The van der Waals surface area contributed by atoms with Crippen molar-refractivity contribution in [3.8, 4) is 5.88 Å². The Morgan fingerprint density at radius 1 is 1.41 bits per heavy atom. The molecule has 94 valence electrons. The van der Waals surface area contributed by atoms with Crippen LogP contribution < -0.4 is 4.74 Å². The fraction of sp³-hybridized carbons (Fsp3) is 0.250. The SMILES string of the molecule is O=Cc1c(OC(F)(F)F)ncc(I)c1C(F)F. The third kappa shape index (κ3) is 3.48. The Kier molecular flexibility index (Phi) is 4.22. The van der Waals surface area contributed by atoms with Crippen LogP contribution in [0.1, 0.15) is 22.3 Å². The van der Waals surface area contributed by atoms with Crippen molar-refractivity contribution in [2.75, 3.05) is 0 Å². The lowest BCUT2D eigenvalue weighted by Gasteiger charge is -2.13. The van der Waals surface area contributed by atoms with Gasteiger partial charge in [-0.25, -0.2) is 13.8 Å². The molecule has 0 atom stereocenters. The largest absolute Gasteiger partial charge is 0.574 e. The van der Waals surface area contributed by atoms with E-state index in [-0.39, 0.29) is 9.86 Å². The molecule has 0 aromatic carbocycles. The summed E-state index contributed by atoms with van der Waals surface area (Å²) >= 11 is 1.44.